The van der Waals surface area contributed by atoms with Crippen LogP contribution in [0.5, 0.6) is 0 Å². The van der Waals surface area contributed by atoms with Gasteiger partial charge in [0.05, 0.1) is 66.1 Å². The molecule has 0 aromatic heterocycles. The first kappa shape index (κ1) is 19.1. The average Bonchev–Trinajstić information content (AvgIpc) is 2.61. The highest BCUT2D eigenvalue weighted by Gasteiger charge is 2.10. The molecule has 2 heterocycles. The topological polar surface area (TPSA) is 52.6 Å². The van der Waals surface area contributed by atoms with Crippen LogP contribution in [0.4, 0.5) is 0 Å². The quantitative estimate of drug-likeness (QED) is 0.455. The van der Waals surface area contributed by atoms with Crippen molar-refractivity contribution < 1.29 is 23.7 Å². The van der Waals surface area contributed by atoms with Crippen LogP contribution in [0.25, 0.3) is 0 Å². The summed E-state index contributed by atoms with van der Waals surface area (Å²) in [5.74, 6) is 0. The highest BCUT2D eigenvalue weighted by molar-refractivity contribution is 4.61. The van der Waals surface area contributed by atoms with Gasteiger partial charge < -0.3 is 23.7 Å². The lowest BCUT2D eigenvalue weighted by atomic mass is 10.4. The molecule has 7 nitrogen and oxygen atoms in total. The second kappa shape index (κ2) is 13.1. The highest BCUT2D eigenvalue weighted by atomic mass is 16.5. The van der Waals surface area contributed by atoms with E-state index >= 15 is 0 Å². The van der Waals surface area contributed by atoms with E-state index in [4.69, 9.17) is 23.7 Å². The smallest absolute Gasteiger partial charge is 0.0701 e. The van der Waals surface area contributed by atoms with E-state index < -0.39 is 0 Å². The molecule has 0 aromatic rings. The summed E-state index contributed by atoms with van der Waals surface area (Å²) in [6, 6.07) is 0. The molecule has 0 radical (unpaired) electrons. The van der Waals surface area contributed by atoms with E-state index in [2.05, 4.69) is 9.80 Å². The van der Waals surface area contributed by atoms with Gasteiger partial charge in [0.1, 0.15) is 0 Å². The van der Waals surface area contributed by atoms with Gasteiger partial charge in [0.25, 0.3) is 0 Å². The van der Waals surface area contributed by atoms with Crippen molar-refractivity contribution in [1.82, 2.24) is 9.80 Å². The summed E-state index contributed by atoms with van der Waals surface area (Å²) < 4.78 is 27.3. The SMILES string of the molecule is C(COCCN1CCOCC1)OCCOCCN1CCOCC1. The maximum Gasteiger partial charge on any atom is 0.0701 e. The minimum absolute atomic E-state index is 0.635. The third kappa shape index (κ3) is 9.56. The van der Waals surface area contributed by atoms with Crippen molar-refractivity contribution in [3.63, 3.8) is 0 Å². The van der Waals surface area contributed by atoms with Gasteiger partial charge in [-0.3, -0.25) is 9.80 Å². The minimum atomic E-state index is 0.635. The zero-order chi connectivity index (χ0) is 16.0. The van der Waals surface area contributed by atoms with E-state index in [0.29, 0.717) is 26.4 Å². The number of rotatable bonds is 12. The van der Waals surface area contributed by atoms with Gasteiger partial charge in [-0.25, -0.2) is 0 Å². The first-order chi connectivity index (χ1) is 11.4. The van der Waals surface area contributed by atoms with Gasteiger partial charge in [-0.05, 0) is 0 Å². The van der Waals surface area contributed by atoms with E-state index in [1.807, 2.05) is 0 Å². The molecule has 2 saturated heterocycles. The van der Waals surface area contributed by atoms with Crippen molar-refractivity contribution >= 4 is 0 Å². The Morgan fingerprint density at radius 3 is 1.26 bits per heavy atom. The molecule has 0 amide bonds. The van der Waals surface area contributed by atoms with Gasteiger partial charge in [0, 0.05) is 39.3 Å². The Morgan fingerprint density at radius 1 is 0.522 bits per heavy atom. The largest absolute Gasteiger partial charge is 0.379 e. The molecule has 23 heavy (non-hydrogen) atoms. The molecular formula is C16H32N2O5. The summed E-state index contributed by atoms with van der Waals surface area (Å²) in [6.45, 7) is 13.5. The molecule has 2 aliphatic rings. The maximum absolute atomic E-state index is 5.58. The van der Waals surface area contributed by atoms with Gasteiger partial charge in [-0.15, -0.1) is 0 Å². The lowest BCUT2D eigenvalue weighted by Crippen LogP contribution is -2.38. The lowest BCUT2D eigenvalue weighted by molar-refractivity contribution is -0.00940. The molecule has 136 valence electrons. The predicted molar refractivity (Wildman–Crippen MR) is 87.0 cm³/mol. The van der Waals surface area contributed by atoms with Gasteiger partial charge in [0.2, 0.25) is 0 Å². The van der Waals surface area contributed by atoms with Gasteiger partial charge in [-0.1, -0.05) is 0 Å². The van der Waals surface area contributed by atoms with Crippen LogP contribution in [0.2, 0.25) is 0 Å². The molecule has 0 saturated carbocycles. The molecule has 0 bridgehead atoms. The first-order valence-electron chi connectivity index (χ1n) is 8.78. The molecule has 0 spiro atoms. The van der Waals surface area contributed by atoms with Crippen LogP contribution in [0.1, 0.15) is 0 Å². The van der Waals surface area contributed by atoms with Crippen molar-refractivity contribution in [2.75, 3.05) is 105 Å². The van der Waals surface area contributed by atoms with Crippen molar-refractivity contribution in [2.24, 2.45) is 0 Å². The Hall–Kier alpha value is -0.280. The van der Waals surface area contributed by atoms with Crippen LogP contribution in [0.15, 0.2) is 0 Å². The fraction of sp³-hybridized carbons (Fsp3) is 1.00. The zero-order valence-electron chi connectivity index (χ0n) is 14.2. The summed E-state index contributed by atoms with van der Waals surface area (Å²) >= 11 is 0. The summed E-state index contributed by atoms with van der Waals surface area (Å²) in [4.78, 5) is 4.74. The van der Waals surface area contributed by atoms with Crippen molar-refractivity contribution in [3.05, 3.63) is 0 Å². The highest BCUT2D eigenvalue weighted by Crippen LogP contribution is 1.96. The van der Waals surface area contributed by atoms with E-state index in [9.17, 15) is 0 Å². The van der Waals surface area contributed by atoms with Crippen LogP contribution in [-0.2, 0) is 23.7 Å². The van der Waals surface area contributed by atoms with Crippen molar-refractivity contribution in [1.29, 1.82) is 0 Å². The third-order valence-electron chi connectivity index (χ3n) is 4.06. The second-order valence-electron chi connectivity index (χ2n) is 5.75. The van der Waals surface area contributed by atoms with Crippen molar-refractivity contribution in [3.8, 4) is 0 Å². The summed E-state index contributed by atoms with van der Waals surface area (Å²) in [6.07, 6.45) is 0. The van der Waals surface area contributed by atoms with Gasteiger partial charge in [-0.2, -0.15) is 0 Å². The van der Waals surface area contributed by atoms with Crippen LogP contribution in [0, 0.1) is 0 Å². The summed E-state index contributed by atoms with van der Waals surface area (Å²) in [5.41, 5.74) is 0. The van der Waals surface area contributed by atoms with E-state index in [0.717, 1.165) is 78.9 Å². The van der Waals surface area contributed by atoms with Crippen LogP contribution in [-0.4, -0.2) is 115 Å². The fourth-order valence-electron chi connectivity index (χ4n) is 2.58. The molecule has 0 atom stereocenters. The Bertz CT molecular complexity index is 245. The molecule has 2 rings (SSSR count). The molecule has 7 heteroatoms. The summed E-state index contributed by atoms with van der Waals surface area (Å²) in [5, 5.41) is 0. The molecule has 0 aliphatic carbocycles. The van der Waals surface area contributed by atoms with Crippen LogP contribution >= 0.6 is 0 Å². The van der Waals surface area contributed by atoms with E-state index in [-0.39, 0.29) is 0 Å². The number of nitrogens with zero attached hydrogens (tertiary/aromatic N) is 2. The minimum Gasteiger partial charge on any atom is -0.379 e. The van der Waals surface area contributed by atoms with Crippen molar-refractivity contribution in [2.45, 2.75) is 0 Å². The monoisotopic (exact) mass is 332 g/mol. The number of hydrogen-bond acceptors (Lipinski definition) is 7. The van der Waals surface area contributed by atoms with Gasteiger partial charge >= 0.3 is 0 Å². The Balaban J connectivity index is 1.26. The molecular weight excluding hydrogens is 300 g/mol. The van der Waals surface area contributed by atoms with E-state index in [1.54, 1.807) is 0 Å². The molecule has 2 aliphatic heterocycles. The zero-order valence-corrected chi connectivity index (χ0v) is 14.2. The number of morpholine rings is 2. The molecule has 0 unspecified atom stereocenters. The van der Waals surface area contributed by atoms with E-state index in [1.165, 1.54) is 0 Å². The second-order valence-corrected chi connectivity index (χ2v) is 5.75. The molecule has 0 aromatic carbocycles. The standard InChI is InChI=1S/C16H32N2O5/c1-7-19-8-2-17(1)5-11-21-13-15-23-16-14-22-12-6-18-3-9-20-10-4-18/h1-16H2. The lowest BCUT2D eigenvalue weighted by Gasteiger charge is -2.26. The maximum atomic E-state index is 5.58. The molecule has 2 fully saturated rings. The number of ether oxygens (including phenoxy) is 5. The van der Waals surface area contributed by atoms with Crippen LogP contribution in [0.3, 0.4) is 0 Å². The fourth-order valence-corrected chi connectivity index (χ4v) is 2.58. The Labute approximate surface area is 139 Å². The van der Waals surface area contributed by atoms with Gasteiger partial charge in [0.15, 0.2) is 0 Å². The Kier molecular flexibility index (Phi) is 10.8. The normalized spacial score (nSPS) is 20.9. The van der Waals surface area contributed by atoms with Crippen LogP contribution < -0.4 is 0 Å². The Morgan fingerprint density at radius 2 is 0.870 bits per heavy atom. The molecule has 0 N–H and O–H groups in total. The number of hydrogen-bond donors (Lipinski definition) is 0. The first-order valence-corrected chi connectivity index (χ1v) is 8.78. The third-order valence-corrected chi connectivity index (χ3v) is 4.06. The summed E-state index contributed by atoms with van der Waals surface area (Å²) in [7, 11) is 0. The average molecular weight is 332 g/mol. The predicted octanol–water partition coefficient (Wildman–Crippen LogP) is -0.299.